The van der Waals surface area contributed by atoms with Gasteiger partial charge in [0.25, 0.3) is 0 Å². The normalized spacial score (nSPS) is 11.2. The predicted molar refractivity (Wildman–Crippen MR) is 27.3 cm³/mol. The second kappa shape index (κ2) is 6.76. The van der Waals surface area contributed by atoms with Crippen molar-refractivity contribution in [2.24, 2.45) is 0 Å². The van der Waals surface area contributed by atoms with Crippen molar-refractivity contribution in [3.63, 3.8) is 0 Å². The van der Waals surface area contributed by atoms with Gasteiger partial charge < -0.3 is 9.11 Å². The molecule has 12 heavy (non-hydrogen) atoms. The molecule has 0 saturated carbocycles. The smallest absolute Gasteiger partial charge is 0.724 e. The predicted octanol–water partition coefficient (Wildman–Crippen LogP) is -2.53. The van der Waals surface area contributed by atoms with Gasteiger partial charge >= 0.3 is 19.5 Å². The number of hydrogen-bond donors (Lipinski definition) is 0. The molecule has 0 aliphatic carbocycles. The summed E-state index contributed by atoms with van der Waals surface area (Å²) in [6.45, 7) is 0. The van der Waals surface area contributed by atoms with Crippen LogP contribution in [0.1, 0.15) is 0 Å². The van der Waals surface area contributed by atoms with E-state index in [9.17, 15) is 25.9 Å². The molecule has 0 fully saturated rings. The molecule has 0 atom stereocenters. The van der Waals surface area contributed by atoms with Gasteiger partial charge in [-0.2, -0.15) is 0 Å². The van der Waals surface area contributed by atoms with Gasteiger partial charge in [-0.25, -0.2) is 16.8 Å². The zero-order chi connectivity index (χ0) is 8.41. The van der Waals surface area contributed by atoms with Crippen LogP contribution in [-0.2, 0) is 48.9 Å². The molecule has 0 heterocycles. The molecule has 0 rings (SSSR count). The summed E-state index contributed by atoms with van der Waals surface area (Å²) in [7, 11) is -10.6. The van der Waals surface area contributed by atoms with E-state index in [0.717, 1.165) is 0 Å². The van der Waals surface area contributed by atoms with Crippen LogP contribution < -0.4 is 0 Å². The summed E-state index contributed by atoms with van der Waals surface area (Å²) in [6, 6.07) is 0. The van der Waals surface area contributed by atoms with Crippen LogP contribution in [0.5, 0.6) is 0 Å². The molecule has 0 spiro atoms. The summed E-state index contributed by atoms with van der Waals surface area (Å²) in [6.07, 6.45) is 0. The first-order valence-electron chi connectivity index (χ1n) is 1.50. The van der Waals surface area contributed by atoms with Crippen LogP contribution >= 0.6 is 0 Å². The fraction of sp³-hybridized carbons (Fsp3) is 0. The van der Waals surface area contributed by atoms with Gasteiger partial charge in [0.1, 0.15) is 0 Å². The van der Waals surface area contributed by atoms with E-state index in [-0.39, 0.29) is 49.0 Å². The minimum atomic E-state index is -5.31. The molecular formula is NaO8RuS2. The van der Waals surface area contributed by atoms with Crippen molar-refractivity contribution < 1.29 is 54.1 Å². The van der Waals surface area contributed by atoms with Crippen LogP contribution in [0.15, 0.2) is 0 Å². The first kappa shape index (κ1) is 19.0. The maximum atomic E-state index is 9.37. The molecule has 0 amide bonds. The van der Waals surface area contributed by atoms with E-state index >= 15 is 0 Å². The van der Waals surface area contributed by atoms with Crippen LogP contribution in [0.4, 0.5) is 0 Å². The van der Waals surface area contributed by atoms with Gasteiger partial charge in [-0.1, -0.05) is 0 Å². The van der Waals surface area contributed by atoms with Crippen molar-refractivity contribution in [3.8, 4) is 0 Å². The molecule has 8 nitrogen and oxygen atoms in total. The molecule has 0 N–H and O–H groups in total. The Balaban J connectivity index is -0.000000405. The second-order valence-electron chi connectivity index (χ2n) is 0.953. The standard InChI is InChI=1S/Na.H2O8S2.Ru/c;1-9(2,3)7-8-10(4,5)6;/h;(H,1,2,3)(H,4,5,6);/q;;+2/p-2. The van der Waals surface area contributed by atoms with Gasteiger partial charge in [0.05, 0.1) is 0 Å². The maximum absolute atomic E-state index is 9.37. The Morgan fingerprint density at radius 2 is 1.00 bits per heavy atom. The van der Waals surface area contributed by atoms with Crippen molar-refractivity contribution in [1.29, 1.82) is 0 Å². The zero-order valence-electron chi connectivity index (χ0n) is 5.44. The Labute approximate surface area is 104 Å². The fourth-order valence-corrected chi connectivity index (χ4v) is 0.612. The van der Waals surface area contributed by atoms with Crippen molar-refractivity contribution in [2.75, 3.05) is 0 Å². The quantitative estimate of drug-likeness (QED) is 0.183. The SMILES string of the molecule is O=S(=O)([O-])OOS(=O)(=O)[O-].[Na].[Ru+2]. The summed E-state index contributed by atoms with van der Waals surface area (Å²) in [4.78, 5) is 0. The van der Waals surface area contributed by atoms with E-state index in [1.54, 1.807) is 0 Å². The van der Waals surface area contributed by atoms with Crippen molar-refractivity contribution in [1.82, 2.24) is 0 Å². The van der Waals surface area contributed by atoms with Crippen LogP contribution in [-0.4, -0.2) is 55.5 Å². The van der Waals surface area contributed by atoms with E-state index in [4.69, 9.17) is 0 Å². The van der Waals surface area contributed by atoms with Crippen LogP contribution in [0, 0.1) is 0 Å². The molecular weight excluding hydrogens is 316 g/mol. The minimum Gasteiger partial charge on any atom is -0.724 e. The first-order valence-corrected chi connectivity index (χ1v) is 4.17. The second-order valence-corrected chi connectivity index (χ2v) is 2.86. The van der Waals surface area contributed by atoms with E-state index in [1.165, 1.54) is 0 Å². The molecule has 69 valence electrons. The molecule has 0 aliphatic rings. The van der Waals surface area contributed by atoms with E-state index in [2.05, 4.69) is 8.67 Å². The summed E-state index contributed by atoms with van der Waals surface area (Å²) >= 11 is 0. The topological polar surface area (TPSA) is 133 Å². The fourth-order valence-electron chi connectivity index (χ4n) is 0.0680. The average Bonchev–Trinajstić information content (AvgIpc) is 1.57. The zero-order valence-corrected chi connectivity index (χ0v) is 10.8. The van der Waals surface area contributed by atoms with E-state index in [0.29, 0.717) is 0 Å². The molecule has 0 aromatic heterocycles. The molecule has 12 heteroatoms. The van der Waals surface area contributed by atoms with Crippen LogP contribution in [0.3, 0.4) is 0 Å². The van der Waals surface area contributed by atoms with Crippen molar-refractivity contribution >= 4 is 50.4 Å². The van der Waals surface area contributed by atoms with Gasteiger partial charge in [0.15, 0.2) is 0 Å². The third-order valence-corrected chi connectivity index (χ3v) is 0.750. The monoisotopic (exact) mass is 317 g/mol. The van der Waals surface area contributed by atoms with Gasteiger partial charge in [-0.15, -0.1) is 8.67 Å². The molecule has 0 unspecified atom stereocenters. The molecule has 0 saturated heterocycles. The van der Waals surface area contributed by atoms with E-state index in [1.807, 2.05) is 0 Å². The molecule has 1 radical (unpaired) electrons. The summed E-state index contributed by atoms with van der Waals surface area (Å²) in [5, 5.41) is 0. The van der Waals surface area contributed by atoms with Crippen LogP contribution in [0.2, 0.25) is 0 Å². The third kappa shape index (κ3) is 17.4. The van der Waals surface area contributed by atoms with E-state index < -0.39 is 20.8 Å². The Kier molecular flexibility index (Phi) is 10.7. The van der Waals surface area contributed by atoms with Gasteiger partial charge in [-0.3, -0.25) is 0 Å². The van der Waals surface area contributed by atoms with Crippen molar-refractivity contribution in [2.45, 2.75) is 0 Å². The summed E-state index contributed by atoms with van der Waals surface area (Å²) in [5.74, 6) is 0. The largest absolute Gasteiger partial charge is 2.00 e. The Hall–Kier alpha value is 1.36. The van der Waals surface area contributed by atoms with Crippen LogP contribution in [0.25, 0.3) is 0 Å². The van der Waals surface area contributed by atoms with Gasteiger partial charge in [0, 0.05) is 29.6 Å². The third-order valence-electron chi connectivity index (χ3n) is 0.194. The molecule has 0 aliphatic heterocycles. The number of hydrogen-bond acceptors (Lipinski definition) is 8. The Morgan fingerprint density at radius 3 is 1.08 bits per heavy atom. The summed E-state index contributed by atoms with van der Waals surface area (Å²) in [5.41, 5.74) is 0. The van der Waals surface area contributed by atoms with Gasteiger partial charge in [0.2, 0.25) is 20.8 Å². The minimum absolute atomic E-state index is 0. The van der Waals surface area contributed by atoms with Crippen molar-refractivity contribution in [3.05, 3.63) is 0 Å². The molecule has 0 aromatic rings. The number of rotatable bonds is 3. The molecule has 0 bridgehead atoms. The average molecular weight is 316 g/mol. The first-order chi connectivity index (χ1) is 4.21. The molecule has 0 aromatic carbocycles. The Morgan fingerprint density at radius 1 is 0.833 bits per heavy atom. The maximum Gasteiger partial charge on any atom is 2.00 e. The Bertz CT molecular complexity index is 253. The van der Waals surface area contributed by atoms with Gasteiger partial charge in [-0.05, 0) is 0 Å². The summed E-state index contributed by atoms with van der Waals surface area (Å²) < 4.78 is 61.5.